The molecular formula is C16H19FN2O3. The number of anilines is 1. The number of nitrogens with one attached hydrogen (secondary N) is 1. The molecule has 1 saturated heterocycles. The lowest BCUT2D eigenvalue weighted by Gasteiger charge is -2.34. The molecule has 0 saturated carbocycles. The zero-order valence-electron chi connectivity index (χ0n) is 12.4. The number of urea groups is 1. The minimum atomic E-state index is -0.537. The van der Waals surface area contributed by atoms with Gasteiger partial charge < -0.3 is 20.1 Å². The summed E-state index contributed by atoms with van der Waals surface area (Å²) in [5, 5.41) is 12.5. The maximum absolute atomic E-state index is 13.3. The maximum atomic E-state index is 13.3. The van der Waals surface area contributed by atoms with E-state index in [1.54, 1.807) is 0 Å². The zero-order valence-corrected chi connectivity index (χ0v) is 12.4. The molecule has 2 N–H and O–H groups in total. The molecule has 0 aliphatic carbocycles. The Hall–Kier alpha value is -2.26. The molecule has 1 aliphatic heterocycles. The molecule has 2 unspecified atom stereocenters. The fourth-order valence-electron chi connectivity index (χ4n) is 2.27. The normalized spacial score (nSPS) is 21.1. The Morgan fingerprint density at radius 1 is 1.64 bits per heavy atom. The zero-order chi connectivity index (χ0) is 16.1. The molecule has 118 valence electrons. The average Bonchev–Trinajstić information content (AvgIpc) is 2.50. The third-order valence-electron chi connectivity index (χ3n) is 3.70. The second-order valence-corrected chi connectivity index (χ2v) is 5.34. The predicted molar refractivity (Wildman–Crippen MR) is 81.1 cm³/mol. The Labute approximate surface area is 129 Å². The van der Waals surface area contributed by atoms with E-state index in [1.165, 1.54) is 23.1 Å². The van der Waals surface area contributed by atoms with Crippen LogP contribution in [-0.4, -0.2) is 41.8 Å². The van der Waals surface area contributed by atoms with Gasteiger partial charge in [0.2, 0.25) is 0 Å². The Morgan fingerprint density at radius 3 is 3.09 bits per heavy atom. The first-order chi connectivity index (χ1) is 10.5. The van der Waals surface area contributed by atoms with Crippen molar-refractivity contribution in [3.63, 3.8) is 0 Å². The smallest absolute Gasteiger partial charge is 0.322 e. The molecule has 1 aromatic rings. The van der Waals surface area contributed by atoms with Gasteiger partial charge in [-0.2, -0.15) is 0 Å². The number of hydrogen-bond donors (Lipinski definition) is 2. The topological polar surface area (TPSA) is 61.8 Å². The van der Waals surface area contributed by atoms with Crippen LogP contribution in [0.2, 0.25) is 0 Å². The first kappa shape index (κ1) is 16.1. The number of carbonyl (C=O) groups is 1. The van der Waals surface area contributed by atoms with Gasteiger partial charge in [0.05, 0.1) is 11.8 Å². The SMILES string of the molecule is C#CCOc1cc(F)ccc1NC(=O)N1CCC(C)C(O)C1. The van der Waals surface area contributed by atoms with Crippen molar-refractivity contribution in [3.8, 4) is 18.1 Å². The third kappa shape index (κ3) is 3.89. The van der Waals surface area contributed by atoms with E-state index in [9.17, 15) is 14.3 Å². The largest absolute Gasteiger partial charge is 0.479 e. The lowest BCUT2D eigenvalue weighted by Crippen LogP contribution is -2.47. The molecule has 2 amide bonds. The fourth-order valence-corrected chi connectivity index (χ4v) is 2.27. The summed E-state index contributed by atoms with van der Waals surface area (Å²) >= 11 is 0. The van der Waals surface area contributed by atoms with Crippen LogP contribution < -0.4 is 10.1 Å². The van der Waals surface area contributed by atoms with Crippen molar-refractivity contribution >= 4 is 11.7 Å². The summed E-state index contributed by atoms with van der Waals surface area (Å²) in [6.07, 6.45) is 5.32. The number of nitrogens with zero attached hydrogens (tertiary/aromatic N) is 1. The van der Waals surface area contributed by atoms with Gasteiger partial charge in [0.1, 0.15) is 18.2 Å². The van der Waals surface area contributed by atoms with E-state index in [0.29, 0.717) is 12.2 Å². The van der Waals surface area contributed by atoms with Crippen LogP contribution in [0, 0.1) is 24.1 Å². The number of β-amino-alcohol motifs (C(OH)–C–C–N with tert-alkyl or cyclic N) is 1. The van der Waals surface area contributed by atoms with Gasteiger partial charge in [0.25, 0.3) is 0 Å². The van der Waals surface area contributed by atoms with Gasteiger partial charge in [-0.05, 0) is 24.5 Å². The van der Waals surface area contributed by atoms with Gasteiger partial charge in [0, 0.05) is 19.2 Å². The Morgan fingerprint density at radius 2 is 2.41 bits per heavy atom. The fraction of sp³-hybridized carbons (Fsp3) is 0.438. The summed E-state index contributed by atoms with van der Waals surface area (Å²) in [6, 6.07) is 3.45. The Balaban J connectivity index is 2.06. The number of rotatable bonds is 3. The second kappa shape index (κ2) is 7.14. The van der Waals surface area contributed by atoms with E-state index in [-0.39, 0.29) is 30.9 Å². The number of aliphatic hydroxyl groups is 1. The summed E-state index contributed by atoms with van der Waals surface area (Å²) in [5.41, 5.74) is 0.342. The molecule has 1 heterocycles. The first-order valence-electron chi connectivity index (χ1n) is 7.11. The molecule has 6 heteroatoms. The Kier molecular flexibility index (Phi) is 5.23. The highest BCUT2D eigenvalue weighted by Crippen LogP contribution is 2.26. The van der Waals surface area contributed by atoms with Crippen LogP contribution in [-0.2, 0) is 0 Å². The number of ether oxygens (including phenoxy) is 1. The van der Waals surface area contributed by atoms with Crippen molar-refractivity contribution in [1.29, 1.82) is 0 Å². The van der Waals surface area contributed by atoms with Crippen LogP contribution in [0.5, 0.6) is 5.75 Å². The molecule has 2 atom stereocenters. The summed E-state index contributed by atoms with van der Waals surface area (Å²) in [6.45, 7) is 2.76. The number of hydrogen-bond acceptors (Lipinski definition) is 3. The molecular weight excluding hydrogens is 287 g/mol. The number of likely N-dealkylation sites (tertiary alicyclic amines) is 1. The van der Waals surface area contributed by atoms with Crippen LogP contribution >= 0.6 is 0 Å². The van der Waals surface area contributed by atoms with Crippen LogP contribution in [0.1, 0.15) is 13.3 Å². The molecule has 0 aromatic heterocycles. The van der Waals surface area contributed by atoms with Crippen LogP contribution in [0.3, 0.4) is 0 Å². The van der Waals surface area contributed by atoms with Gasteiger partial charge in [-0.25, -0.2) is 9.18 Å². The Bertz CT molecular complexity index is 585. The van der Waals surface area contributed by atoms with Gasteiger partial charge in [-0.1, -0.05) is 12.8 Å². The molecule has 0 spiro atoms. The lowest BCUT2D eigenvalue weighted by atomic mass is 9.96. The highest BCUT2D eigenvalue weighted by molar-refractivity contribution is 5.91. The minimum absolute atomic E-state index is 0.0216. The summed E-state index contributed by atoms with van der Waals surface area (Å²) < 4.78 is 18.5. The van der Waals surface area contributed by atoms with E-state index in [0.717, 1.165) is 6.42 Å². The number of amides is 2. The third-order valence-corrected chi connectivity index (χ3v) is 3.70. The number of terminal acetylenes is 1. The highest BCUT2D eigenvalue weighted by Gasteiger charge is 2.27. The van der Waals surface area contributed by atoms with Crippen molar-refractivity contribution in [2.75, 3.05) is 25.0 Å². The molecule has 5 nitrogen and oxygen atoms in total. The van der Waals surface area contributed by atoms with E-state index in [4.69, 9.17) is 11.2 Å². The molecule has 1 fully saturated rings. The quantitative estimate of drug-likeness (QED) is 0.841. The van der Waals surface area contributed by atoms with Gasteiger partial charge >= 0.3 is 6.03 Å². The van der Waals surface area contributed by atoms with Crippen molar-refractivity contribution < 1.29 is 19.0 Å². The lowest BCUT2D eigenvalue weighted by molar-refractivity contribution is 0.0463. The number of aliphatic hydroxyl groups excluding tert-OH is 1. The number of carbonyl (C=O) groups excluding carboxylic acids is 1. The number of benzene rings is 1. The van der Waals surface area contributed by atoms with Crippen LogP contribution in [0.4, 0.5) is 14.9 Å². The highest BCUT2D eigenvalue weighted by atomic mass is 19.1. The molecule has 1 aromatic carbocycles. The van der Waals surface area contributed by atoms with Crippen molar-refractivity contribution in [3.05, 3.63) is 24.0 Å². The summed E-state index contributed by atoms with van der Waals surface area (Å²) in [7, 11) is 0. The monoisotopic (exact) mass is 306 g/mol. The van der Waals surface area contributed by atoms with Crippen molar-refractivity contribution in [2.24, 2.45) is 5.92 Å². The van der Waals surface area contributed by atoms with Crippen molar-refractivity contribution in [2.45, 2.75) is 19.4 Å². The van der Waals surface area contributed by atoms with Crippen LogP contribution in [0.25, 0.3) is 0 Å². The summed E-state index contributed by atoms with van der Waals surface area (Å²) in [4.78, 5) is 13.8. The predicted octanol–water partition coefficient (Wildman–Crippen LogP) is 2.07. The van der Waals surface area contributed by atoms with E-state index >= 15 is 0 Å². The molecule has 2 rings (SSSR count). The van der Waals surface area contributed by atoms with Gasteiger partial charge in [-0.15, -0.1) is 6.42 Å². The van der Waals surface area contributed by atoms with Gasteiger partial charge in [0.15, 0.2) is 0 Å². The van der Waals surface area contributed by atoms with Gasteiger partial charge in [-0.3, -0.25) is 0 Å². The molecule has 1 aliphatic rings. The molecule has 0 bridgehead atoms. The molecule has 22 heavy (non-hydrogen) atoms. The van der Waals surface area contributed by atoms with Crippen molar-refractivity contribution in [1.82, 2.24) is 4.90 Å². The summed E-state index contributed by atoms with van der Waals surface area (Å²) in [5.74, 6) is 2.16. The number of halogens is 1. The standard InChI is InChI=1S/C16H19FN2O3/c1-3-8-22-15-9-12(17)4-5-13(15)18-16(21)19-7-6-11(2)14(20)10-19/h1,4-5,9,11,14,20H,6-8,10H2,2H3,(H,18,21). The van der Waals surface area contributed by atoms with Crippen LogP contribution in [0.15, 0.2) is 18.2 Å². The van der Waals surface area contributed by atoms with E-state index < -0.39 is 11.9 Å². The first-order valence-corrected chi connectivity index (χ1v) is 7.11. The molecule has 0 radical (unpaired) electrons. The maximum Gasteiger partial charge on any atom is 0.322 e. The average molecular weight is 306 g/mol. The minimum Gasteiger partial charge on any atom is -0.479 e. The number of piperidine rings is 1. The second-order valence-electron chi connectivity index (χ2n) is 5.34. The van der Waals surface area contributed by atoms with E-state index in [1.807, 2.05) is 6.92 Å². The van der Waals surface area contributed by atoms with E-state index in [2.05, 4.69) is 11.2 Å².